The lowest BCUT2D eigenvalue weighted by atomic mass is 10.2. The third-order valence-electron chi connectivity index (χ3n) is 3.81. The first kappa shape index (κ1) is 21.2. The number of nitrogen functional groups attached to an aromatic ring is 1. The molecule has 0 saturated heterocycles. The standard InChI is InChI=1S/C19H27N5O4/c1-12-15(16(20)24(23-12)13-9-7-6-8-10-13)22-18(26)21-14(17(25)27-5)11-28-19(2,3)4/h6-10,14H,11,20H2,1-5H3,(H2,21,22,26)/t14-/m0/s1. The zero-order valence-corrected chi connectivity index (χ0v) is 16.8. The molecule has 0 saturated carbocycles. The van der Waals surface area contributed by atoms with E-state index < -0.39 is 23.6 Å². The van der Waals surface area contributed by atoms with Crippen molar-refractivity contribution in [3.8, 4) is 5.69 Å². The second-order valence-corrected chi connectivity index (χ2v) is 7.19. The number of nitrogens with zero attached hydrogens (tertiary/aromatic N) is 2. The van der Waals surface area contributed by atoms with E-state index in [2.05, 4.69) is 15.7 Å². The SMILES string of the molecule is COC(=O)[C@H](COC(C)(C)C)NC(=O)Nc1c(C)nn(-c2ccccc2)c1N. The number of aromatic nitrogens is 2. The quantitative estimate of drug-likeness (QED) is 0.652. The monoisotopic (exact) mass is 389 g/mol. The van der Waals surface area contributed by atoms with Gasteiger partial charge in [-0.3, -0.25) is 0 Å². The highest BCUT2D eigenvalue weighted by atomic mass is 16.5. The minimum Gasteiger partial charge on any atom is -0.467 e. The van der Waals surface area contributed by atoms with Crippen molar-refractivity contribution in [2.45, 2.75) is 39.3 Å². The Morgan fingerprint density at radius 1 is 1.25 bits per heavy atom. The number of hydrogen-bond donors (Lipinski definition) is 3. The topological polar surface area (TPSA) is 120 Å². The first-order valence-electron chi connectivity index (χ1n) is 8.82. The fourth-order valence-electron chi connectivity index (χ4n) is 2.42. The molecular weight excluding hydrogens is 362 g/mol. The number of amides is 2. The molecular formula is C19H27N5O4. The van der Waals surface area contributed by atoms with Crippen LogP contribution in [0.15, 0.2) is 30.3 Å². The van der Waals surface area contributed by atoms with Crippen molar-refractivity contribution < 1.29 is 19.1 Å². The second-order valence-electron chi connectivity index (χ2n) is 7.19. The number of aryl methyl sites for hydroxylation is 1. The van der Waals surface area contributed by atoms with Gasteiger partial charge in [-0.1, -0.05) is 18.2 Å². The molecule has 28 heavy (non-hydrogen) atoms. The lowest BCUT2D eigenvalue weighted by Crippen LogP contribution is -2.47. The summed E-state index contributed by atoms with van der Waals surface area (Å²) in [4.78, 5) is 24.4. The first-order chi connectivity index (χ1) is 13.1. The molecule has 2 amide bonds. The Hall–Kier alpha value is -3.07. The van der Waals surface area contributed by atoms with E-state index >= 15 is 0 Å². The highest BCUT2D eigenvalue weighted by Gasteiger charge is 2.25. The van der Waals surface area contributed by atoms with E-state index in [0.29, 0.717) is 11.4 Å². The van der Waals surface area contributed by atoms with E-state index in [4.69, 9.17) is 15.2 Å². The van der Waals surface area contributed by atoms with Gasteiger partial charge in [0.25, 0.3) is 0 Å². The molecule has 1 heterocycles. The molecule has 0 aliphatic heterocycles. The molecule has 0 aliphatic rings. The van der Waals surface area contributed by atoms with Crippen molar-refractivity contribution in [3.63, 3.8) is 0 Å². The Kier molecular flexibility index (Phi) is 6.63. The van der Waals surface area contributed by atoms with Crippen LogP contribution in [-0.4, -0.2) is 47.1 Å². The summed E-state index contributed by atoms with van der Waals surface area (Å²) >= 11 is 0. The number of carbonyl (C=O) groups is 2. The van der Waals surface area contributed by atoms with E-state index in [1.54, 1.807) is 6.92 Å². The van der Waals surface area contributed by atoms with Gasteiger partial charge in [0.15, 0.2) is 11.9 Å². The van der Waals surface area contributed by atoms with E-state index in [1.807, 2.05) is 51.1 Å². The van der Waals surface area contributed by atoms with Gasteiger partial charge in [-0.2, -0.15) is 5.10 Å². The molecule has 1 aromatic heterocycles. The summed E-state index contributed by atoms with van der Waals surface area (Å²) in [6.07, 6.45) is 0. The lowest BCUT2D eigenvalue weighted by Gasteiger charge is -2.23. The Morgan fingerprint density at radius 2 is 1.89 bits per heavy atom. The molecule has 0 radical (unpaired) electrons. The van der Waals surface area contributed by atoms with Crippen LogP contribution in [0.25, 0.3) is 5.69 Å². The van der Waals surface area contributed by atoms with Crippen LogP contribution < -0.4 is 16.4 Å². The van der Waals surface area contributed by atoms with Crippen LogP contribution in [0.1, 0.15) is 26.5 Å². The van der Waals surface area contributed by atoms with Crippen molar-refractivity contribution in [2.24, 2.45) is 0 Å². The maximum absolute atomic E-state index is 12.4. The number of nitrogens with two attached hydrogens (primary N) is 1. The van der Waals surface area contributed by atoms with Gasteiger partial charge in [0.1, 0.15) is 5.69 Å². The first-order valence-corrected chi connectivity index (χ1v) is 8.82. The minimum absolute atomic E-state index is 0.0265. The molecule has 9 nitrogen and oxygen atoms in total. The minimum atomic E-state index is -0.963. The normalized spacial score (nSPS) is 12.3. The molecule has 4 N–H and O–H groups in total. The molecule has 2 rings (SSSR count). The van der Waals surface area contributed by atoms with Gasteiger partial charge in [-0.05, 0) is 39.8 Å². The zero-order valence-electron chi connectivity index (χ0n) is 16.8. The van der Waals surface area contributed by atoms with E-state index in [1.165, 1.54) is 11.8 Å². The van der Waals surface area contributed by atoms with Gasteiger partial charge in [-0.25, -0.2) is 14.3 Å². The molecule has 9 heteroatoms. The summed E-state index contributed by atoms with van der Waals surface area (Å²) in [5.41, 5.74) is 7.36. The summed E-state index contributed by atoms with van der Waals surface area (Å²) in [6.45, 7) is 7.25. The molecule has 1 aromatic carbocycles. The van der Waals surface area contributed by atoms with Crippen LogP contribution in [0.5, 0.6) is 0 Å². The van der Waals surface area contributed by atoms with Gasteiger partial charge in [0.2, 0.25) is 0 Å². The van der Waals surface area contributed by atoms with Gasteiger partial charge < -0.3 is 25.8 Å². The predicted octanol–water partition coefficient (Wildman–Crippen LogP) is 2.24. The zero-order chi connectivity index (χ0) is 20.9. The van der Waals surface area contributed by atoms with Crippen molar-refractivity contribution in [2.75, 3.05) is 24.8 Å². The largest absolute Gasteiger partial charge is 0.467 e. The number of rotatable bonds is 6. The van der Waals surface area contributed by atoms with Crippen molar-refractivity contribution in [3.05, 3.63) is 36.0 Å². The number of benzene rings is 1. The summed E-state index contributed by atoms with van der Waals surface area (Å²) in [7, 11) is 1.25. The number of hydrogen-bond acceptors (Lipinski definition) is 6. The smallest absolute Gasteiger partial charge is 0.330 e. The van der Waals surface area contributed by atoms with Crippen molar-refractivity contribution >= 4 is 23.5 Å². The highest BCUT2D eigenvalue weighted by Crippen LogP contribution is 2.25. The van der Waals surface area contributed by atoms with Gasteiger partial charge in [0, 0.05) is 0 Å². The number of carbonyl (C=O) groups excluding carboxylic acids is 2. The van der Waals surface area contributed by atoms with Crippen LogP contribution in [0, 0.1) is 6.92 Å². The maximum Gasteiger partial charge on any atom is 0.330 e. The third-order valence-corrected chi connectivity index (χ3v) is 3.81. The fourth-order valence-corrected chi connectivity index (χ4v) is 2.42. The molecule has 0 spiro atoms. The number of methoxy groups -OCH3 is 1. The summed E-state index contributed by atoms with van der Waals surface area (Å²) in [5.74, 6) is -0.330. The molecule has 0 bridgehead atoms. The molecule has 2 aromatic rings. The van der Waals surface area contributed by atoms with Crippen molar-refractivity contribution in [1.29, 1.82) is 0 Å². The summed E-state index contributed by atoms with van der Waals surface area (Å²) in [5, 5.41) is 9.57. The van der Waals surface area contributed by atoms with Gasteiger partial charge in [-0.15, -0.1) is 0 Å². The van der Waals surface area contributed by atoms with Crippen LogP contribution >= 0.6 is 0 Å². The van der Waals surface area contributed by atoms with Crippen LogP contribution in [0.4, 0.5) is 16.3 Å². The Balaban J connectivity index is 2.13. The average Bonchev–Trinajstić information content (AvgIpc) is 2.92. The number of nitrogens with one attached hydrogen (secondary N) is 2. The van der Waals surface area contributed by atoms with Crippen LogP contribution in [0.2, 0.25) is 0 Å². The number of esters is 1. The van der Waals surface area contributed by atoms with E-state index in [0.717, 1.165) is 5.69 Å². The van der Waals surface area contributed by atoms with E-state index in [-0.39, 0.29) is 12.4 Å². The van der Waals surface area contributed by atoms with Crippen LogP contribution in [0.3, 0.4) is 0 Å². The molecule has 0 fully saturated rings. The predicted molar refractivity (Wildman–Crippen MR) is 106 cm³/mol. The van der Waals surface area contributed by atoms with Crippen molar-refractivity contribution in [1.82, 2.24) is 15.1 Å². The maximum atomic E-state index is 12.4. The molecule has 0 aliphatic carbocycles. The third kappa shape index (κ3) is 5.46. The summed E-state index contributed by atoms with van der Waals surface area (Å²) in [6, 6.07) is 7.73. The molecule has 152 valence electrons. The number of ether oxygens (including phenoxy) is 2. The Morgan fingerprint density at radius 3 is 2.46 bits per heavy atom. The Labute approximate surface area is 164 Å². The molecule has 1 atom stereocenters. The number of anilines is 2. The lowest BCUT2D eigenvalue weighted by molar-refractivity contribution is -0.145. The van der Waals surface area contributed by atoms with Gasteiger partial charge in [0.05, 0.1) is 30.7 Å². The van der Waals surface area contributed by atoms with Gasteiger partial charge >= 0.3 is 12.0 Å². The Bertz CT molecular complexity index is 827. The summed E-state index contributed by atoms with van der Waals surface area (Å²) < 4.78 is 11.9. The average molecular weight is 389 g/mol. The number of urea groups is 1. The molecule has 0 unspecified atom stereocenters. The number of para-hydroxylation sites is 1. The van der Waals surface area contributed by atoms with Crippen LogP contribution in [-0.2, 0) is 14.3 Å². The fraction of sp³-hybridized carbons (Fsp3) is 0.421. The van der Waals surface area contributed by atoms with E-state index in [9.17, 15) is 9.59 Å². The second kappa shape index (κ2) is 8.75. The highest BCUT2D eigenvalue weighted by molar-refractivity contribution is 5.95.